The predicted molar refractivity (Wildman–Crippen MR) is 107 cm³/mol. The van der Waals surface area contributed by atoms with Crippen LogP contribution in [0.1, 0.15) is 62.7 Å². The van der Waals surface area contributed by atoms with Gasteiger partial charge in [0, 0.05) is 31.5 Å². The topological polar surface area (TPSA) is 83.9 Å². The van der Waals surface area contributed by atoms with Gasteiger partial charge < -0.3 is 14.7 Å². The Morgan fingerprint density at radius 2 is 1.86 bits per heavy atom. The summed E-state index contributed by atoms with van der Waals surface area (Å²) in [5.41, 5.74) is 0.576. The number of ketones is 1. The molecule has 0 aliphatic carbocycles. The lowest BCUT2D eigenvalue weighted by Crippen LogP contribution is -2.45. The molecule has 1 amide bonds. The molecule has 154 valence electrons. The van der Waals surface area contributed by atoms with Gasteiger partial charge in [0.25, 0.3) is 0 Å². The zero-order chi connectivity index (χ0) is 20.5. The van der Waals surface area contributed by atoms with Gasteiger partial charge in [-0.15, -0.1) is 0 Å². The molecule has 0 spiro atoms. The van der Waals surface area contributed by atoms with Gasteiger partial charge >= 0.3 is 5.97 Å². The van der Waals surface area contributed by atoms with Crippen molar-refractivity contribution >= 4 is 17.7 Å². The summed E-state index contributed by atoms with van der Waals surface area (Å²) in [5, 5.41) is 9.17. The Morgan fingerprint density at radius 1 is 1.14 bits per heavy atom. The van der Waals surface area contributed by atoms with Crippen LogP contribution in [0.4, 0.5) is 0 Å². The van der Waals surface area contributed by atoms with Crippen LogP contribution in [-0.2, 0) is 9.59 Å². The maximum Gasteiger partial charge on any atom is 0.306 e. The first-order chi connectivity index (χ1) is 13.4. The first kappa shape index (κ1) is 21.9. The second-order valence-electron chi connectivity index (χ2n) is 7.55. The Balaban J connectivity index is 1.77. The van der Waals surface area contributed by atoms with Gasteiger partial charge in [0.05, 0.1) is 12.5 Å². The fourth-order valence-corrected chi connectivity index (χ4v) is 3.54. The second kappa shape index (κ2) is 10.8. The molecule has 0 saturated carbocycles. The number of nitrogens with zero attached hydrogens (tertiary/aromatic N) is 1. The van der Waals surface area contributed by atoms with Crippen molar-refractivity contribution in [2.24, 2.45) is 11.8 Å². The summed E-state index contributed by atoms with van der Waals surface area (Å²) in [7, 11) is 0. The van der Waals surface area contributed by atoms with E-state index in [0.717, 1.165) is 25.0 Å². The minimum atomic E-state index is -0.799. The van der Waals surface area contributed by atoms with Gasteiger partial charge in [-0.25, -0.2) is 0 Å². The lowest BCUT2D eigenvalue weighted by molar-refractivity contribution is -0.148. The summed E-state index contributed by atoms with van der Waals surface area (Å²) < 4.78 is 5.64. The molecule has 0 bridgehead atoms. The Kier molecular flexibility index (Phi) is 8.48. The summed E-state index contributed by atoms with van der Waals surface area (Å²) >= 11 is 0. The van der Waals surface area contributed by atoms with E-state index in [2.05, 4.69) is 6.92 Å². The van der Waals surface area contributed by atoms with Gasteiger partial charge in [-0.3, -0.25) is 14.4 Å². The van der Waals surface area contributed by atoms with Crippen LogP contribution in [0.5, 0.6) is 5.75 Å². The molecule has 6 heteroatoms. The Labute approximate surface area is 166 Å². The third-order valence-corrected chi connectivity index (χ3v) is 5.33. The predicted octanol–water partition coefficient (Wildman–Crippen LogP) is 3.79. The number of ether oxygens (including phenoxy) is 1. The molecule has 1 aromatic carbocycles. The minimum absolute atomic E-state index is 0.0700. The van der Waals surface area contributed by atoms with Crippen LogP contribution in [0, 0.1) is 11.8 Å². The molecule has 2 unspecified atom stereocenters. The van der Waals surface area contributed by atoms with Crippen molar-refractivity contribution in [3.8, 4) is 5.75 Å². The highest BCUT2D eigenvalue weighted by Gasteiger charge is 2.32. The maximum atomic E-state index is 12.4. The van der Waals surface area contributed by atoms with E-state index >= 15 is 0 Å². The summed E-state index contributed by atoms with van der Waals surface area (Å²) in [6.07, 6.45) is 4.07. The van der Waals surface area contributed by atoms with E-state index in [0.29, 0.717) is 31.7 Å². The van der Waals surface area contributed by atoms with E-state index in [-0.39, 0.29) is 30.4 Å². The van der Waals surface area contributed by atoms with Crippen LogP contribution in [0.3, 0.4) is 0 Å². The largest absolute Gasteiger partial charge is 0.494 e. The molecular weight excluding hydrogens is 358 g/mol. The Hall–Kier alpha value is -2.37. The molecule has 0 radical (unpaired) electrons. The zero-order valence-electron chi connectivity index (χ0n) is 16.9. The first-order valence-corrected chi connectivity index (χ1v) is 10.2. The number of amides is 1. The van der Waals surface area contributed by atoms with Crippen LogP contribution in [0.2, 0.25) is 0 Å². The Bertz CT molecular complexity index is 670. The number of carbonyl (C=O) groups excluding carboxylic acids is 2. The monoisotopic (exact) mass is 389 g/mol. The van der Waals surface area contributed by atoms with E-state index in [1.807, 2.05) is 6.92 Å². The number of benzene rings is 1. The molecule has 0 aromatic heterocycles. The normalized spacial score (nSPS) is 19.3. The number of likely N-dealkylation sites (tertiary alicyclic amines) is 1. The van der Waals surface area contributed by atoms with Crippen molar-refractivity contribution in [3.05, 3.63) is 29.8 Å². The summed E-state index contributed by atoms with van der Waals surface area (Å²) in [5.74, 6) is -0.671. The van der Waals surface area contributed by atoms with Crippen molar-refractivity contribution in [2.45, 2.75) is 52.4 Å². The molecule has 1 fully saturated rings. The van der Waals surface area contributed by atoms with Crippen LogP contribution < -0.4 is 4.74 Å². The molecule has 2 atom stereocenters. The average Bonchev–Trinajstić information content (AvgIpc) is 2.69. The number of aliphatic carboxylic acids is 1. The minimum Gasteiger partial charge on any atom is -0.494 e. The van der Waals surface area contributed by atoms with Crippen molar-refractivity contribution in [1.82, 2.24) is 4.90 Å². The standard InChI is InChI=1S/C22H31NO5/c1-3-4-5-14-28-18-8-6-17(7-9-18)20(24)10-11-21(25)23-13-12-19(22(26)27)16(2)15-23/h6-9,16,19H,3-5,10-15H2,1-2H3,(H,26,27). The molecule has 1 aliphatic rings. The third-order valence-electron chi connectivity index (χ3n) is 5.33. The van der Waals surface area contributed by atoms with E-state index in [1.165, 1.54) is 0 Å². The van der Waals surface area contributed by atoms with Gasteiger partial charge in [0.1, 0.15) is 5.75 Å². The quantitative estimate of drug-likeness (QED) is 0.486. The van der Waals surface area contributed by atoms with Gasteiger partial charge in [-0.1, -0.05) is 26.7 Å². The summed E-state index contributed by atoms with van der Waals surface area (Å²) in [4.78, 5) is 37.6. The molecule has 1 N–H and O–H groups in total. The van der Waals surface area contributed by atoms with Crippen LogP contribution in [0.25, 0.3) is 0 Å². The molecule has 1 saturated heterocycles. The number of Topliss-reactive ketones (excluding diaryl/α,β-unsaturated/α-hetero) is 1. The van der Waals surface area contributed by atoms with Crippen LogP contribution in [-0.4, -0.2) is 47.4 Å². The smallest absolute Gasteiger partial charge is 0.306 e. The number of piperidine rings is 1. The highest BCUT2D eigenvalue weighted by atomic mass is 16.5. The van der Waals surface area contributed by atoms with Crippen molar-refractivity contribution in [2.75, 3.05) is 19.7 Å². The van der Waals surface area contributed by atoms with Gasteiger partial charge in [0.15, 0.2) is 5.78 Å². The van der Waals surface area contributed by atoms with Crippen LogP contribution in [0.15, 0.2) is 24.3 Å². The number of carbonyl (C=O) groups is 3. The van der Waals surface area contributed by atoms with Gasteiger partial charge in [-0.2, -0.15) is 0 Å². The zero-order valence-corrected chi connectivity index (χ0v) is 16.9. The van der Waals surface area contributed by atoms with Crippen LogP contribution >= 0.6 is 0 Å². The Morgan fingerprint density at radius 3 is 2.46 bits per heavy atom. The number of rotatable bonds is 10. The van der Waals surface area contributed by atoms with Crippen molar-refractivity contribution in [1.29, 1.82) is 0 Å². The molecule has 1 aliphatic heterocycles. The third kappa shape index (κ3) is 6.36. The molecule has 2 rings (SSSR count). The number of carboxylic acid groups (broad SMARTS) is 1. The fourth-order valence-electron chi connectivity index (χ4n) is 3.54. The lowest BCUT2D eigenvalue weighted by Gasteiger charge is -2.35. The number of unbranched alkanes of at least 4 members (excludes halogenated alkanes) is 2. The molecule has 1 heterocycles. The lowest BCUT2D eigenvalue weighted by atomic mass is 9.87. The number of hydrogen-bond donors (Lipinski definition) is 1. The van der Waals surface area contributed by atoms with Crippen molar-refractivity contribution in [3.63, 3.8) is 0 Å². The van der Waals surface area contributed by atoms with Gasteiger partial charge in [0.2, 0.25) is 5.91 Å². The average molecular weight is 389 g/mol. The second-order valence-corrected chi connectivity index (χ2v) is 7.55. The van der Waals surface area contributed by atoms with E-state index in [4.69, 9.17) is 9.84 Å². The summed E-state index contributed by atoms with van der Waals surface area (Å²) in [6, 6.07) is 7.06. The molecule has 6 nitrogen and oxygen atoms in total. The first-order valence-electron chi connectivity index (χ1n) is 10.2. The van der Waals surface area contributed by atoms with E-state index < -0.39 is 11.9 Å². The number of hydrogen-bond acceptors (Lipinski definition) is 4. The number of carboxylic acids is 1. The fraction of sp³-hybridized carbons (Fsp3) is 0.591. The highest BCUT2D eigenvalue weighted by Crippen LogP contribution is 2.24. The van der Waals surface area contributed by atoms with E-state index in [1.54, 1.807) is 29.2 Å². The van der Waals surface area contributed by atoms with Gasteiger partial charge in [-0.05, 0) is 43.0 Å². The maximum absolute atomic E-state index is 12.4. The SMILES string of the molecule is CCCCCOc1ccc(C(=O)CCC(=O)N2CCC(C(=O)O)C(C)C2)cc1. The highest BCUT2D eigenvalue weighted by molar-refractivity contribution is 5.98. The summed E-state index contributed by atoms with van der Waals surface area (Å²) in [6.45, 7) is 5.55. The van der Waals surface area contributed by atoms with Crippen molar-refractivity contribution < 1.29 is 24.2 Å². The van der Waals surface area contributed by atoms with E-state index in [9.17, 15) is 14.4 Å². The molecule has 1 aromatic rings. The molecule has 28 heavy (non-hydrogen) atoms. The molecular formula is C22H31NO5.